The molecule has 0 saturated carbocycles. The zero-order chi connectivity index (χ0) is 13.0. The van der Waals surface area contributed by atoms with Gasteiger partial charge in [0.05, 0.1) is 5.56 Å². The fourth-order valence-electron chi connectivity index (χ4n) is 1.57. The summed E-state index contributed by atoms with van der Waals surface area (Å²) in [6, 6.07) is 16.3. The molecule has 0 bridgehead atoms. The van der Waals surface area contributed by atoms with Gasteiger partial charge in [-0.1, -0.05) is 42.5 Å². The number of carbonyl (C=O) groups excluding carboxylic acids is 1. The van der Waals surface area contributed by atoms with Crippen LogP contribution in [0.2, 0.25) is 0 Å². The van der Waals surface area contributed by atoms with Crippen molar-refractivity contribution in [1.82, 2.24) is 0 Å². The molecule has 0 N–H and O–H groups in total. The second-order valence-electron chi connectivity index (χ2n) is 4.06. The number of hydrogen-bond donors (Lipinski definition) is 0. The first-order chi connectivity index (χ1) is 8.66. The molecule has 2 heteroatoms. The molecule has 2 nitrogen and oxygen atoms in total. The molecule has 90 valence electrons. The maximum absolute atomic E-state index is 11.9. The Hall–Kier alpha value is -2.35. The Morgan fingerprint density at radius 3 is 2.33 bits per heavy atom. The van der Waals surface area contributed by atoms with Crippen LogP contribution in [0.25, 0.3) is 5.57 Å². The number of carbonyl (C=O) groups is 1. The van der Waals surface area contributed by atoms with Crippen molar-refractivity contribution in [3.63, 3.8) is 0 Å². The molecule has 0 aliphatic carbocycles. The van der Waals surface area contributed by atoms with Crippen molar-refractivity contribution >= 4 is 11.5 Å². The zero-order valence-corrected chi connectivity index (χ0v) is 10.2. The van der Waals surface area contributed by atoms with Gasteiger partial charge >= 0.3 is 5.97 Å². The summed E-state index contributed by atoms with van der Waals surface area (Å²) in [6.07, 6.45) is 0. The summed E-state index contributed by atoms with van der Waals surface area (Å²) < 4.78 is 5.31. The first kappa shape index (κ1) is 12.1. The van der Waals surface area contributed by atoms with Crippen LogP contribution in [0.3, 0.4) is 0 Å². The van der Waals surface area contributed by atoms with Crippen LogP contribution in [0, 0.1) is 0 Å². The average Bonchev–Trinajstić information content (AvgIpc) is 2.40. The van der Waals surface area contributed by atoms with Gasteiger partial charge in [-0.05, 0) is 36.8 Å². The lowest BCUT2D eigenvalue weighted by atomic mass is 10.1. The molecule has 0 spiro atoms. The number of benzene rings is 2. The molecular formula is C16H14O2. The van der Waals surface area contributed by atoms with E-state index in [2.05, 4.69) is 6.58 Å². The van der Waals surface area contributed by atoms with Crippen molar-refractivity contribution in [2.75, 3.05) is 0 Å². The third-order valence-corrected chi connectivity index (χ3v) is 2.55. The summed E-state index contributed by atoms with van der Waals surface area (Å²) in [6.45, 7) is 5.78. The molecule has 18 heavy (non-hydrogen) atoms. The Labute approximate surface area is 107 Å². The first-order valence-electron chi connectivity index (χ1n) is 5.70. The van der Waals surface area contributed by atoms with Crippen LogP contribution >= 0.6 is 0 Å². The third kappa shape index (κ3) is 2.86. The Morgan fingerprint density at radius 2 is 1.67 bits per heavy atom. The van der Waals surface area contributed by atoms with E-state index < -0.39 is 0 Å². The quantitative estimate of drug-likeness (QED) is 0.598. The molecule has 0 aromatic heterocycles. The van der Waals surface area contributed by atoms with Gasteiger partial charge < -0.3 is 4.74 Å². The zero-order valence-electron chi connectivity index (χ0n) is 10.2. The van der Waals surface area contributed by atoms with Crippen LogP contribution in [-0.2, 0) is 0 Å². The Morgan fingerprint density at radius 1 is 1.00 bits per heavy atom. The highest BCUT2D eigenvalue weighted by Gasteiger charge is 2.07. The number of allylic oxidation sites excluding steroid dienone is 1. The van der Waals surface area contributed by atoms with E-state index in [4.69, 9.17) is 4.74 Å². The lowest BCUT2D eigenvalue weighted by molar-refractivity contribution is 0.0735. The topological polar surface area (TPSA) is 26.3 Å². The first-order valence-corrected chi connectivity index (χ1v) is 5.70. The summed E-state index contributed by atoms with van der Waals surface area (Å²) in [5.41, 5.74) is 2.44. The second-order valence-corrected chi connectivity index (χ2v) is 4.06. The SMILES string of the molecule is C=C(C)c1cccc(OC(=O)c2ccccc2)c1. The number of hydrogen-bond acceptors (Lipinski definition) is 2. The molecule has 2 aromatic rings. The highest BCUT2D eigenvalue weighted by Crippen LogP contribution is 2.19. The average molecular weight is 238 g/mol. The molecule has 0 aliphatic heterocycles. The van der Waals surface area contributed by atoms with Gasteiger partial charge in [0.1, 0.15) is 5.75 Å². The highest BCUT2D eigenvalue weighted by molar-refractivity contribution is 5.91. The van der Waals surface area contributed by atoms with Crippen LogP contribution in [0.1, 0.15) is 22.8 Å². The van der Waals surface area contributed by atoms with Crippen molar-refractivity contribution in [1.29, 1.82) is 0 Å². The van der Waals surface area contributed by atoms with Crippen LogP contribution in [-0.4, -0.2) is 5.97 Å². The van der Waals surface area contributed by atoms with E-state index in [-0.39, 0.29) is 5.97 Å². The van der Waals surface area contributed by atoms with Crippen molar-refractivity contribution in [3.05, 3.63) is 72.3 Å². The normalized spacial score (nSPS) is 9.83. The molecule has 0 aliphatic rings. The molecule has 0 atom stereocenters. The van der Waals surface area contributed by atoms with Gasteiger partial charge in [0.25, 0.3) is 0 Å². The van der Waals surface area contributed by atoms with Crippen molar-refractivity contribution < 1.29 is 9.53 Å². The molecule has 0 saturated heterocycles. The molecule has 0 fully saturated rings. The van der Waals surface area contributed by atoms with Crippen LogP contribution in [0.5, 0.6) is 5.75 Å². The van der Waals surface area contributed by atoms with Crippen LogP contribution in [0.15, 0.2) is 61.2 Å². The standard InChI is InChI=1S/C16H14O2/c1-12(2)14-9-6-10-15(11-14)18-16(17)13-7-4-3-5-8-13/h3-11H,1H2,2H3. The van der Waals surface area contributed by atoms with E-state index in [1.807, 2.05) is 31.2 Å². The predicted octanol–water partition coefficient (Wildman–Crippen LogP) is 3.94. The summed E-state index contributed by atoms with van der Waals surface area (Å²) >= 11 is 0. The van der Waals surface area contributed by atoms with E-state index in [1.54, 1.807) is 30.3 Å². The highest BCUT2D eigenvalue weighted by atomic mass is 16.5. The smallest absolute Gasteiger partial charge is 0.343 e. The van der Waals surface area contributed by atoms with E-state index in [0.717, 1.165) is 11.1 Å². The summed E-state index contributed by atoms with van der Waals surface area (Å²) in [4.78, 5) is 11.9. The molecule has 0 unspecified atom stereocenters. The van der Waals surface area contributed by atoms with Gasteiger partial charge in [0.2, 0.25) is 0 Å². The number of ether oxygens (including phenoxy) is 1. The minimum atomic E-state index is -0.352. The molecule has 0 radical (unpaired) electrons. The van der Waals surface area contributed by atoms with E-state index in [1.165, 1.54) is 0 Å². The maximum atomic E-state index is 11.9. The largest absolute Gasteiger partial charge is 0.423 e. The predicted molar refractivity (Wildman–Crippen MR) is 72.6 cm³/mol. The van der Waals surface area contributed by atoms with Crippen molar-refractivity contribution in [2.45, 2.75) is 6.92 Å². The summed E-state index contributed by atoms with van der Waals surface area (Å²) in [5, 5.41) is 0. The van der Waals surface area contributed by atoms with Gasteiger partial charge in [0.15, 0.2) is 0 Å². The molecule has 2 rings (SSSR count). The molecular weight excluding hydrogens is 224 g/mol. The van der Waals surface area contributed by atoms with E-state index in [0.29, 0.717) is 11.3 Å². The van der Waals surface area contributed by atoms with E-state index in [9.17, 15) is 4.79 Å². The fraction of sp³-hybridized carbons (Fsp3) is 0.0625. The third-order valence-electron chi connectivity index (χ3n) is 2.55. The van der Waals surface area contributed by atoms with Gasteiger partial charge in [-0.2, -0.15) is 0 Å². The Bertz CT molecular complexity index is 571. The van der Waals surface area contributed by atoms with Gasteiger partial charge in [-0.25, -0.2) is 4.79 Å². The van der Waals surface area contributed by atoms with Gasteiger partial charge in [0, 0.05) is 0 Å². The fourth-order valence-corrected chi connectivity index (χ4v) is 1.57. The number of rotatable bonds is 3. The molecule has 0 amide bonds. The van der Waals surface area contributed by atoms with Gasteiger partial charge in [-0.3, -0.25) is 0 Å². The Balaban J connectivity index is 2.17. The van der Waals surface area contributed by atoms with Crippen LogP contribution in [0.4, 0.5) is 0 Å². The lowest BCUT2D eigenvalue weighted by Crippen LogP contribution is -2.08. The molecule has 0 heterocycles. The second kappa shape index (κ2) is 5.32. The lowest BCUT2D eigenvalue weighted by Gasteiger charge is -2.06. The van der Waals surface area contributed by atoms with E-state index >= 15 is 0 Å². The van der Waals surface area contributed by atoms with Gasteiger partial charge in [-0.15, -0.1) is 0 Å². The maximum Gasteiger partial charge on any atom is 0.343 e. The molecule has 2 aromatic carbocycles. The summed E-state index contributed by atoms with van der Waals surface area (Å²) in [7, 11) is 0. The van der Waals surface area contributed by atoms with Crippen molar-refractivity contribution in [3.8, 4) is 5.75 Å². The Kier molecular flexibility index (Phi) is 3.58. The minimum absolute atomic E-state index is 0.352. The van der Waals surface area contributed by atoms with Crippen molar-refractivity contribution in [2.24, 2.45) is 0 Å². The number of esters is 1. The minimum Gasteiger partial charge on any atom is -0.423 e. The summed E-state index contributed by atoms with van der Waals surface area (Å²) in [5.74, 6) is 0.179. The monoisotopic (exact) mass is 238 g/mol. The van der Waals surface area contributed by atoms with Crippen LogP contribution < -0.4 is 4.74 Å².